The van der Waals surface area contributed by atoms with E-state index in [0.717, 1.165) is 12.1 Å². The number of carbonyl (C=O) groups excluding carboxylic acids is 4. The first kappa shape index (κ1) is 30.2. The minimum Gasteiger partial charge on any atom is -0.333 e. The highest BCUT2D eigenvalue weighted by molar-refractivity contribution is 6.22. The third-order valence-corrected chi connectivity index (χ3v) is 8.84. The molecule has 13 heteroatoms. The highest BCUT2D eigenvalue weighted by Gasteiger charge is 2.48. The first-order valence-corrected chi connectivity index (χ1v) is 14.7. The molecule has 1 aliphatic carbocycles. The fourth-order valence-electron chi connectivity index (χ4n) is 6.13. The second kappa shape index (κ2) is 11.6. The lowest BCUT2D eigenvalue weighted by Gasteiger charge is -2.34. The molecular formula is C32H31F3N6O4. The van der Waals surface area contributed by atoms with Crippen LogP contribution in [-0.4, -0.2) is 68.1 Å². The van der Waals surface area contributed by atoms with E-state index in [0.29, 0.717) is 35.3 Å². The predicted molar refractivity (Wildman–Crippen MR) is 156 cm³/mol. The Balaban J connectivity index is 1.09. The van der Waals surface area contributed by atoms with Crippen molar-refractivity contribution in [2.45, 2.75) is 45.5 Å². The first-order chi connectivity index (χ1) is 21.4. The molecule has 3 atom stereocenters. The second-order valence-electron chi connectivity index (χ2n) is 11.7. The summed E-state index contributed by atoms with van der Waals surface area (Å²) in [7, 11) is 0. The smallest absolute Gasteiger partial charge is 0.333 e. The number of fused-ring (bicyclic) bond motifs is 1. The van der Waals surface area contributed by atoms with E-state index in [4.69, 9.17) is 0 Å². The number of carbonyl (C=O) groups is 4. The third-order valence-electron chi connectivity index (χ3n) is 8.84. The zero-order chi connectivity index (χ0) is 32.0. The van der Waals surface area contributed by atoms with Crippen molar-refractivity contribution in [3.05, 3.63) is 88.8 Å². The van der Waals surface area contributed by atoms with E-state index in [1.54, 1.807) is 43.1 Å². The van der Waals surface area contributed by atoms with Gasteiger partial charge < -0.3 is 9.80 Å². The van der Waals surface area contributed by atoms with E-state index in [1.165, 1.54) is 26.6 Å². The van der Waals surface area contributed by atoms with Crippen molar-refractivity contribution in [3.63, 3.8) is 0 Å². The average molecular weight is 621 g/mol. The van der Waals surface area contributed by atoms with Gasteiger partial charge in [-0.05, 0) is 62.1 Å². The Kier molecular flexibility index (Phi) is 7.79. The standard InChI is InChI=1S/C32H31F3N6O4/c1-19-7-8-22(15-27(19)41-30(44)25-5-3-4-6-26(25)31(41)45)29(43)39-14-13-38(28(42)18-39)16-24-17-40(37-36-24)20(2)21-9-11-23(12-10-21)32(33,34)35/h3-4,7-12,15,17,20,25-26H,5-6,13-14,16,18H2,1-2H3/t20-,25?,26?/m0/s1. The minimum atomic E-state index is -4.42. The van der Waals surface area contributed by atoms with E-state index < -0.39 is 11.7 Å². The van der Waals surface area contributed by atoms with Gasteiger partial charge in [0, 0.05) is 18.7 Å². The number of hydrogen-bond acceptors (Lipinski definition) is 6. The van der Waals surface area contributed by atoms with Gasteiger partial charge in [0.15, 0.2) is 0 Å². The number of allylic oxidation sites excluding steroid dienone is 2. The molecule has 2 aromatic carbocycles. The van der Waals surface area contributed by atoms with Crippen LogP contribution in [0.1, 0.15) is 58.5 Å². The summed E-state index contributed by atoms with van der Waals surface area (Å²) in [6.45, 7) is 4.09. The van der Waals surface area contributed by atoms with Crippen molar-refractivity contribution in [2.24, 2.45) is 11.8 Å². The third kappa shape index (κ3) is 5.74. The second-order valence-corrected chi connectivity index (χ2v) is 11.7. The molecule has 6 rings (SSSR count). The molecule has 0 radical (unpaired) electrons. The normalized spacial score (nSPS) is 21.0. The highest BCUT2D eigenvalue weighted by Crippen LogP contribution is 2.39. The van der Waals surface area contributed by atoms with Gasteiger partial charge in [-0.3, -0.25) is 19.2 Å². The molecule has 0 spiro atoms. The molecule has 4 amide bonds. The molecule has 0 bridgehead atoms. The number of nitrogens with zero attached hydrogens (tertiary/aromatic N) is 6. The molecule has 3 heterocycles. The molecule has 3 aromatic rings. The lowest BCUT2D eigenvalue weighted by Crippen LogP contribution is -2.51. The Morgan fingerprint density at radius 1 is 0.978 bits per heavy atom. The van der Waals surface area contributed by atoms with Crippen LogP contribution in [0.15, 0.2) is 60.8 Å². The molecule has 3 aliphatic rings. The van der Waals surface area contributed by atoms with Crippen molar-refractivity contribution >= 4 is 29.3 Å². The first-order valence-electron chi connectivity index (χ1n) is 14.7. The number of alkyl halides is 3. The number of benzene rings is 2. The number of imide groups is 1. The van der Waals surface area contributed by atoms with Crippen molar-refractivity contribution in [1.82, 2.24) is 24.8 Å². The predicted octanol–water partition coefficient (Wildman–Crippen LogP) is 4.15. The Morgan fingerprint density at radius 2 is 1.64 bits per heavy atom. The van der Waals surface area contributed by atoms with Gasteiger partial charge >= 0.3 is 6.18 Å². The van der Waals surface area contributed by atoms with Gasteiger partial charge in [-0.1, -0.05) is 35.6 Å². The van der Waals surface area contributed by atoms with Gasteiger partial charge in [0.05, 0.1) is 41.9 Å². The molecule has 0 N–H and O–H groups in total. The van der Waals surface area contributed by atoms with Crippen LogP contribution in [0.4, 0.5) is 18.9 Å². The van der Waals surface area contributed by atoms with E-state index >= 15 is 0 Å². The lowest BCUT2D eigenvalue weighted by atomic mass is 9.85. The maximum atomic E-state index is 13.5. The minimum absolute atomic E-state index is 0.157. The largest absolute Gasteiger partial charge is 0.416 e. The number of rotatable bonds is 6. The van der Waals surface area contributed by atoms with E-state index in [9.17, 15) is 32.3 Å². The molecular weight excluding hydrogens is 589 g/mol. The number of hydrogen-bond donors (Lipinski definition) is 0. The highest BCUT2D eigenvalue weighted by atomic mass is 19.4. The van der Waals surface area contributed by atoms with Crippen LogP contribution in [0.5, 0.6) is 0 Å². The van der Waals surface area contributed by atoms with Gasteiger partial charge in [0.1, 0.15) is 12.2 Å². The summed E-state index contributed by atoms with van der Waals surface area (Å²) in [4.78, 5) is 57.0. The number of aryl methyl sites for hydroxylation is 1. The topological polar surface area (TPSA) is 109 Å². The van der Waals surface area contributed by atoms with Crippen molar-refractivity contribution in [2.75, 3.05) is 24.5 Å². The molecule has 45 heavy (non-hydrogen) atoms. The van der Waals surface area contributed by atoms with Crippen molar-refractivity contribution in [1.29, 1.82) is 0 Å². The SMILES string of the molecule is Cc1ccc(C(=O)N2CCN(Cc3cn([C@@H](C)c4ccc(C(F)(F)F)cc4)nn3)C(=O)C2)cc1N1C(=O)C2CC=CCC2C1=O. The molecule has 1 aromatic heterocycles. The van der Waals surface area contributed by atoms with Crippen LogP contribution >= 0.6 is 0 Å². The van der Waals surface area contributed by atoms with Crippen molar-refractivity contribution in [3.8, 4) is 0 Å². The van der Waals surface area contributed by atoms with Crippen LogP contribution in [0, 0.1) is 18.8 Å². The number of aromatic nitrogens is 3. The Labute approximate surface area is 257 Å². The van der Waals surface area contributed by atoms with Gasteiger partial charge in [0.25, 0.3) is 5.91 Å². The summed E-state index contributed by atoms with van der Waals surface area (Å²) in [6, 6.07) is 9.36. The zero-order valence-corrected chi connectivity index (χ0v) is 24.7. The van der Waals surface area contributed by atoms with E-state index in [1.807, 2.05) is 12.2 Å². The number of amides is 4. The molecule has 2 aliphatic heterocycles. The molecule has 10 nitrogen and oxygen atoms in total. The Morgan fingerprint density at radius 3 is 2.27 bits per heavy atom. The van der Waals surface area contributed by atoms with Crippen LogP contribution in [-0.2, 0) is 27.1 Å². The van der Waals surface area contributed by atoms with Gasteiger partial charge in [-0.25, -0.2) is 9.58 Å². The van der Waals surface area contributed by atoms with Gasteiger partial charge in [-0.15, -0.1) is 5.10 Å². The number of anilines is 1. The van der Waals surface area contributed by atoms with Crippen LogP contribution < -0.4 is 4.90 Å². The Hall–Kier alpha value is -4.81. The molecule has 2 unspecified atom stereocenters. The van der Waals surface area contributed by atoms with Gasteiger partial charge in [0.2, 0.25) is 17.7 Å². The molecule has 234 valence electrons. The van der Waals surface area contributed by atoms with E-state index in [-0.39, 0.29) is 73.2 Å². The maximum Gasteiger partial charge on any atom is 0.416 e. The van der Waals surface area contributed by atoms with Crippen LogP contribution in [0.2, 0.25) is 0 Å². The summed E-state index contributed by atoms with van der Waals surface area (Å²) in [6.07, 6.45) is 2.11. The molecule has 2 saturated heterocycles. The Bertz CT molecular complexity index is 1670. The molecule has 2 fully saturated rings. The fraction of sp³-hybridized carbons (Fsp3) is 0.375. The maximum absolute atomic E-state index is 13.5. The average Bonchev–Trinajstić information content (AvgIpc) is 3.59. The monoisotopic (exact) mass is 620 g/mol. The van der Waals surface area contributed by atoms with Crippen LogP contribution in [0.25, 0.3) is 0 Å². The quantitative estimate of drug-likeness (QED) is 0.303. The summed E-state index contributed by atoms with van der Waals surface area (Å²) in [5.41, 5.74) is 1.76. The fourth-order valence-corrected chi connectivity index (χ4v) is 6.13. The van der Waals surface area contributed by atoms with Crippen LogP contribution in [0.3, 0.4) is 0 Å². The summed E-state index contributed by atoms with van der Waals surface area (Å²) in [5, 5.41) is 8.25. The number of piperazine rings is 1. The zero-order valence-electron chi connectivity index (χ0n) is 24.7. The van der Waals surface area contributed by atoms with Gasteiger partial charge in [-0.2, -0.15) is 13.2 Å². The summed E-state index contributed by atoms with van der Waals surface area (Å²) < 4.78 is 40.3. The summed E-state index contributed by atoms with van der Waals surface area (Å²) >= 11 is 0. The van der Waals surface area contributed by atoms with Crippen molar-refractivity contribution < 1.29 is 32.3 Å². The lowest BCUT2D eigenvalue weighted by molar-refractivity contribution is -0.137. The van der Waals surface area contributed by atoms with E-state index in [2.05, 4.69) is 10.3 Å². The summed E-state index contributed by atoms with van der Waals surface area (Å²) in [5.74, 6) is -1.94. The number of halogens is 3. The molecule has 0 saturated carbocycles.